The lowest BCUT2D eigenvalue weighted by Crippen LogP contribution is -2.34. The molecule has 1 aromatic carbocycles. The van der Waals surface area contributed by atoms with Crippen LogP contribution in [-0.4, -0.2) is 67.6 Å². The Hall–Kier alpha value is -3.70. The first-order chi connectivity index (χ1) is 15.7. The van der Waals surface area contributed by atoms with Crippen molar-refractivity contribution in [1.82, 2.24) is 5.32 Å². The third-order valence-corrected chi connectivity index (χ3v) is 4.37. The zero-order valence-corrected chi connectivity index (χ0v) is 18.6. The number of methoxy groups -OCH3 is 1. The van der Waals surface area contributed by atoms with E-state index in [2.05, 4.69) is 5.32 Å². The number of dihydropyridines is 1. The van der Waals surface area contributed by atoms with Gasteiger partial charge in [-0.3, -0.25) is 0 Å². The van der Waals surface area contributed by atoms with Crippen molar-refractivity contribution in [2.24, 2.45) is 5.73 Å². The first kappa shape index (κ1) is 27.3. The number of nitrogens with two attached hydrogens (primary N) is 1. The van der Waals surface area contributed by atoms with Crippen LogP contribution >= 0.6 is 0 Å². The number of allylic oxidation sites excluding steroid dienone is 1. The Bertz CT molecular complexity index is 911. The number of carboxylic acids is 2. The first-order valence-electron chi connectivity index (χ1n) is 9.94. The fourth-order valence-corrected chi connectivity index (χ4v) is 3.08. The number of ether oxygens (including phenoxy) is 3. The van der Waals surface area contributed by atoms with E-state index in [1.165, 1.54) is 7.11 Å². The summed E-state index contributed by atoms with van der Waals surface area (Å²) in [6.45, 7) is 4.62. The Balaban J connectivity index is 0.000000801. The molecule has 1 unspecified atom stereocenters. The minimum atomic E-state index is -1.82. The van der Waals surface area contributed by atoms with E-state index in [4.69, 9.17) is 39.7 Å². The van der Waals surface area contributed by atoms with E-state index in [0.29, 0.717) is 35.7 Å². The average Bonchev–Trinajstić information content (AvgIpc) is 2.79. The Morgan fingerprint density at radius 3 is 2.12 bits per heavy atom. The molecule has 0 radical (unpaired) electrons. The summed E-state index contributed by atoms with van der Waals surface area (Å²) in [5.41, 5.74) is 8.14. The Labute approximate surface area is 190 Å². The summed E-state index contributed by atoms with van der Waals surface area (Å²) in [5.74, 6) is -5.27. The lowest BCUT2D eigenvalue weighted by molar-refractivity contribution is -0.159. The summed E-state index contributed by atoms with van der Waals surface area (Å²) in [7, 11) is 1.31. The summed E-state index contributed by atoms with van der Waals surface area (Å²) in [4.78, 5) is 43.5. The third-order valence-electron chi connectivity index (χ3n) is 4.37. The molecule has 180 valence electrons. The predicted octanol–water partition coefficient (Wildman–Crippen LogP) is 0.769. The SMILES string of the molecule is CCOC(=O)C1=C(C)NC(COCCN)=C(C(=O)OC)C1c1ccccc1.O=C(O)C(=O)O. The molecule has 11 nitrogen and oxygen atoms in total. The molecule has 1 aliphatic rings. The molecule has 0 saturated heterocycles. The monoisotopic (exact) mass is 464 g/mol. The molecular formula is C22H28N2O9. The van der Waals surface area contributed by atoms with Crippen LogP contribution in [0.15, 0.2) is 52.9 Å². The van der Waals surface area contributed by atoms with E-state index in [1.807, 2.05) is 30.3 Å². The van der Waals surface area contributed by atoms with Crippen molar-refractivity contribution < 1.29 is 43.6 Å². The number of aliphatic carboxylic acids is 2. The normalized spacial score (nSPS) is 15.1. The van der Waals surface area contributed by atoms with Crippen LogP contribution in [0.3, 0.4) is 0 Å². The van der Waals surface area contributed by atoms with E-state index in [9.17, 15) is 9.59 Å². The molecule has 1 aliphatic heterocycles. The Morgan fingerprint density at radius 1 is 1.03 bits per heavy atom. The van der Waals surface area contributed by atoms with E-state index in [0.717, 1.165) is 5.56 Å². The summed E-state index contributed by atoms with van der Waals surface area (Å²) in [6.07, 6.45) is 0. The standard InChI is InChI=1S/C20H26N2O5.C2H2O4/c1-4-27-20(24)16-13(2)22-15(12-26-11-10-21)18(19(23)25-3)17(16)14-8-6-5-7-9-14;3-1(4)2(5)6/h5-9,17,22H,4,10-12,21H2,1-3H3;(H,3,4)(H,5,6). The summed E-state index contributed by atoms with van der Waals surface area (Å²) in [6, 6.07) is 9.31. The number of carbonyl (C=O) groups is 4. The summed E-state index contributed by atoms with van der Waals surface area (Å²) < 4.78 is 15.8. The van der Waals surface area contributed by atoms with Crippen molar-refractivity contribution in [3.8, 4) is 0 Å². The highest BCUT2D eigenvalue weighted by atomic mass is 16.5. The lowest BCUT2D eigenvalue weighted by atomic mass is 9.80. The fraction of sp³-hybridized carbons (Fsp3) is 0.364. The number of nitrogens with one attached hydrogen (secondary N) is 1. The maximum absolute atomic E-state index is 12.7. The molecule has 0 aromatic heterocycles. The van der Waals surface area contributed by atoms with Crippen LogP contribution in [0.5, 0.6) is 0 Å². The maximum atomic E-state index is 12.7. The van der Waals surface area contributed by atoms with Gasteiger partial charge in [0.25, 0.3) is 0 Å². The number of carboxylic acid groups (broad SMARTS) is 2. The van der Waals surface area contributed by atoms with Crippen LogP contribution in [0.1, 0.15) is 25.3 Å². The number of hydrogen-bond donors (Lipinski definition) is 4. The number of carbonyl (C=O) groups excluding carboxylic acids is 2. The van der Waals surface area contributed by atoms with Crippen molar-refractivity contribution in [2.45, 2.75) is 19.8 Å². The average molecular weight is 464 g/mol. The predicted molar refractivity (Wildman–Crippen MR) is 116 cm³/mol. The van der Waals surface area contributed by atoms with Gasteiger partial charge in [0, 0.05) is 12.2 Å². The molecule has 2 rings (SSSR count). The summed E-state index contributed by atoms with van der Waals surface area (Å²) >= 11 is 0. The van der Waals surface area contributed by atoms with Gasteiger partial charge in [-0.2, -0.15) is 0 Å². The number of esters is 2. The maximum Gasteiger partial charge on any atom is 0.414 e. The number of rotatable bonds is 8. The van der Waals surface area contributed by atoms with Gasteiger partial charge in [-0.05, 0) is 19.4 Å². The van der Waals surface area contributed by atoms with Crippen LogP contribution in [0.4, 0.5) is 0 Å². The molecule has 1 heterocycles. The molecule has 0 amide bonds. The van der Waals surface area contributed by atoms with Crippen LogP contribution in [0.2, 0.25) is 0 Å². The molecule has 33 heavy (non-hydrogen) atoms. The van der Waals surface area contributed by atoms with Gasteiger partial charge < -0.3 is 35.5 Å². The highest BCUT2D eigenvalue weighted by molar-refractivity contribution is 6.27. The quantitative estimate of drug-likeness (QED) is 0.243. The van der Waals surface area contributed by atoms with Crippen LogP contribution in [-0.2, 0) is 33.4 Å². The first-order valence-corrected chi connectivity index (χ1v) is 9.94. The third kappa shape index (κ3) is 7.74. The molecule has 1 aromatic rings. The van der Waals surface area contributed by atoms with Crippen molar-refractivity contribution in [1.29, 1.82) is 0 Å². The summed E-state index contributed by atoms with van der Waals surface area (Å²) in [5, 5.41) is 17.9. The van der Waals surface area contributed by atoms with Gasteiger partial charge in [-0.25, -0.2) is 19.2 Å². The molecule has 1 atom stereocenters. The Kier molecular flexibility index (Phi) is 11.3. The van der Waals surface area contributed by atoms with Gasteiger partial charge in [0.05, 0.1) is 49.7 Å². The van der Waals surface area contributed by atoms with Crippen molar-refractivity contribution in [3.63, 3.8) is 0 Å². The number of benzene rings is 1. The molecule has 0 saturated carbocycles. The largest absolute Gasteiger partial charge is 0.473 e. The van der Waals surface area contributed by atoms with Gasteiger partial charge in [0.1, 0.15) is 0 Å². The molecule has 11 heteroatoms. The molecule has 0 bridgehead atoms. The number of hydrogen-bond acceptors (Lipinski definition) is 9. The van der Waals surface area contributed by atoms with Crippen LogP contribution < -0.4 is 11.1 Å². The van der Waals surface area contributed by atoms with E-state index < -0.39 is 29.8 Å². The topological polar surface area (TPSA) is 174 Å². The van der Waals surface area contributed by atoms with Crippen molar-refractivity contribution >= 4 is 23.9 Å². The lowest BCUT2D eigenvalue weighted by Gasteiger charge is -2.31. The van der Waals surface area contributed by atoms with E-state index >= 15 is 0 Å². The van der Waals surface area contributed by atoms with Crippen LogP contribution in [0, 0.1) is 0 Å². The van der Waals surface area contributed by atoms with Gasteiger partial charge in [-0.1, -0.05) is 30.3 Å². The zero-order valence-electron chi connectivity index (χ0n) is 18.6. The highest BCUT2D eigenvalue weighted by Crippen LogP contribution is 2.39. The molecular weight excluding hydrogens is 436 g/mol. The second kappa shape index (κ2) is 13.7. The second-order valence-corrected chi connectivity index (χ2v) is 6.56. The highest BCUT2D eigenvalue weighted by Gasteiger charge is 2.38. The van der Waals surface area contributed by atoms with Gasteiger partial charge in [-0.15, -0.1) is 0 Å². The minimum absolute atomic E-state index is 0.151. The molecule has 0 spiro atoms. The molecule has 5 N–H and O–H groups in total. The van der Waals surface area contributed by atoms with Crippen molar-refractivity contribution in [2.75, 3.05) is 33.5 Å². The van der Waals surface area contributed by atoms with Gasteiger partial charge in [0.15, 0.2) is 0 Å². The van der Waals surface area contributed by atoms with E-state index in [-0.39, 0.29) is 13.2 Å². The fourth-order valence-electron chi connectivity index (χ4n) is 3.08. The Morgan fingerprint density at radius 2 is 1.64 bits per heavy atom. The van der Waals surface area contributed by atoms with Crippen molar-refractivity contribution in [3.05, 3.63) is 58.4 Å². The van der Waals surface area contributed by atoms with E-state index in [1.54, 1.807) is 13.8 Å². The minimum Gasteiger partial charge on any atom is -0.473 e. The van der Waals surface area contributed by atoms with Gasteiger partial charge in [0.2, 0.25) is 0 Å². The van der Waals surface area contributed by atoms with Gasteiger partial charge >= 0.3 is 23.9 Å². The molecule has 0 aliphatic carbocycles. The zero-order chi connectivity index (χ0) is 25.0. The van der Waals surface area contributed by atoms with Crippen LogP contribution in [0.25, 0.3) is 0 Å². The second-order valence-electron chi connectivity index (χ2n) is 6.56. The molecule has 0 fully saturated rings. The smallest absolute Gasteiger partial charge is 0.414 e.